The Morgan fingerprint density at radius 3 is 2.23 bits per heavy atom. The molecule has 30 heavy (non-hydrogen) atoms. The van der Waals surface area contributed by atoms with E-state index in [1.54, 1.807) is 24.3 Å². The van der Waals surface area contributed by atoms with Crippen LogP contribution in [0.2, 0.25) is 5.02 Å². The molecule has 0 saturated carbocycles. The molecule has 0 fully saturated rings. The zero-order chi connectivity index (χ0) is 21.8. The standard InChI is InChI=1S/C21H19ClN4O4/c1-11-8-12(2)24-21(23-11)25-14-6-4-13(5-7-14)19(27)26-17-10-18(30-3)15(20(28)29)9-16(17)22/h4-10H,1-3H3,(H,26,27)(H,28,29)(H,23,24,25). The molecular formula is C21H19ClN4O4. The average Bonchev–Trinajstić information content (AvgIpc) is 2.68. The molecule has 3 N–H and O–H groups in total. The summed E-state index contributed by atoms with van der Waals surface area (Å²) in [5.74, 6) is -1.02. The van der Waals surface area contributed by atoms with E-state index in [1.165, 1.54) is 19.2 Å². The van der Waals surface area contributed by atoms with Crippen molar-refractivity contribution < 1.29 is 19.4 Å². The second kappa shape index (κ2) is 8.79. The second-order valence-corrected chi connectivity index (χ2v) is 6.88. The lowest BCUT2D eigenvalue weighted by molar-refractivity contribution is 0.0693. The van der Waals surface area contributed by atoms with Gasteiger partial charge in [0.05, 0.1) is 17.8 Å². The molecule has 8 nitrogen and oxygen atoms in total. The Hall–Kier alpha value is -3.65. The van der Waals surface area contributed by atoms with Crippen LogP contribution in [0.4, 0.5) is 17.3 Å². The van der Waals surface area contributed by atoms with Crippen molar-refractivity contribution in [1.29, 1.82) is 0 Å². The van der Waals surface area contributed by atoms with Gasteiger partial charge in [0, 0.05) is 28.7 Å². The number of ether oxygens (including phenoxy) is 1. The number of hydrogen-bond donors (Lipinski definition) is 3. The van der Waals surface area contributed by atoms with Gasteiger partial charge in [0.15, 0.2) is 0 Å². The first-order valence-electron chi connectivity index (χ1n) is 8.88. The number of benzene rings is 2. The monoisotopic (exact) mass is 426 g/mol. The number of anilines is 3. The molecule has 0 atom stereocenters. The Bertz CT molecular complexity index is 1100. The van der Waals surface area contributed by atoms with Crippen LogP contribution >= 0.6 is 11.6 Å². The lowest BCUT2D eigenvalue weighted by Crippen LogP contribution is -2.13. The average molecular weight is 427 g/mol. The first kappa shape index (κ1) is 21.1. The molecule has 1 aromatic heterocycles. The molecule has 0 unspecified atom stereocenters. The van der Waals surface area contributed by atoms with Crippen LogP contribution in [0.5, 0.6) is 5.75 Å². The van der Waals surface area contributed by atoms with Crippen LogP contribution in [0.3, 0.4) is 0 Å². The maximum atomic E-state index is 12.6. The molecule has 0 spiro atoms. The second-order valence-electron chi connectivity index (χ2n) is 6.47. The third-order valence-corrected chi connectivity index (χ3v) is 4.47. The van der Waals surface area contributed by atoms with Crippen molar-refractivity contribution in [2.24, 2.45) is 0 Å². The lowest BCUT2D eigenvalue weighted by Gasteiger charge is -2.12. The third kappa shape index (κ3) is 4.84. The summed E-state index contributed by atoms with van der Waals surface area (Å²) in [6, 6.07) is 11.2. The molecule has 0 radical (unpaired) electrons. The van der Waals surface area contributed by atoms with E-state index in [4.69, 9.17) is 16.3 Å². The summed E-state index contributed by atoms with van der Waals surface area (Å²) in [7, 11) is 1.34. The number of halogens is 1. The molecular weight excluding hydrogens is 408 g/mol. The molecule has 9 heteroatoms. The molecule has 154 valence electrons. The van der Waals surface area contributed by atoms with E-state index >= 15 is 0 Å². The highest BCUT2D eigenvalue weighted by molar-refractivity contribution is 6.34. The number of methoxy groups -OCH3 is 1. The molecule has 0 aliphatic rings. The number of nitrogens with zero attached hydrogens (tertiary/aromatic N) is 2. The van der Waals surface area contributed by atoms with E-state index in [0.29, 0.717) is 11.5 Å². The Labute approximate surface area is 177 Å². The minimum atomic E-state index is -1.18. The zero-order valence-corrected chi connectivity index (χ0v) is 17.2. The van der Waals surface area contributed by atoms with Crippen molar-refractivity contribution in [3.63, 3.8) is 0 Å². The Kier molecular flexibility index (Phi) is 6.17. The maximum absolute atomic E-state index is 12.6. The Morgan fingerprint density at radius 1 is 1.03 bits per heavy atom. The number of carboxylic acids is 1. The first-order valence-corrected chi connectivity index (χ1v) is 9.26. The smallest absolute Gasteiger partial charge is 0.339 e. The minimum Gasteiger partial charge on any atom is -0.496 e. The number of nitrogens with one attached hydrogen (secondary N) is 2. The fraction of sp³-hybridized carbons (Fsp3) is 0.143. The number of carbonyl (C=O) groups excluding carboxylic acids is 1. The van der Waals surface area contributed by atoms with Gasteiger partial charge in [-0.2, -0.15) is 0 Å². The SMILES string of the molecule is COc1cc(NC(=O)c2ccc(Nc3nc(C)cc(C)n3)cc2)c(Cl)cc1C(=O)O. The number of aromatic carboxylic acids is 1. The van der Waals surface area contributed by atoms with Gasteiger partial charge >= 0.3 is 5.97 Å². The number of carboxylic acid groups (broad SMARTS) is 1. The number of carbonyl (C=O) groups is 2. The van der Waals surface area contributed by atoms with E-state index < -0.39 is 11.9 Å². The van der Waals surface area contributed by atoms with E-state index in [9.17, 15) is 14.7 Å². The van der Waals surface area contributed by atoms with Crippen LogP contribution in [0.25, 0.3) is 0 Å². The fourth-order valence-electron chi connectivity index (χ4n) is 2.80. The van der Waals surface area contributed by atoms with Gasteiger partial charge in [-0.05, 0) is 50.2 Å². The molecule has 1 amide bonds. The van der Waals surface area contributed by atoms with Crippen molar-refractivity contribution in [3.8, 4) is 5.75 Å². The normalized spacial score (nSPS) is 10.4. The third-order valence-electron chi connectivity index (χ3n) is 4.15. The fourth-order valence-corrected chi connectivity index (χ4v) is 3.01. The van der Waals surface area contributed by atoms with Crippen LogP contribution in [0.1, 0.15) is 32.1 Å². The predicted octanol–water partition coefficient (Wildman–Crippen LogP) is 4.45. The number of hydrogen-bond acceptors (Lipinski definition) is 6. The van der Waals surface area contributed by atoms with Crippen molar-refractivity contribution in [2.75, 3.05) is 17.7 Å². The van der Waals surface area contributed by atoms with E-state index in [2.05, 4.69) is 20.6 Å². The predicted molar refractivity (Wildman–Crippen MR) is 114 cm³/mol. The van der Waals surface area contributed by atoms with Gasteiger partial charge in [-0.15, -0.1) is 0 Å². The van der Waals surface area contributed by atoms with Crippen LogP contribution in [0, 0.1) is 13.8 Å². The summed E-state index contributed by atoms with van der Waals surface area (Å²) in [4.78, 5) is 32.5. The van der Waals surface area contributed by atoms with Gasteiger partial charge < -0.3 is 20.5 Å². The number of rotatable bonds is 6. The van der Waals surface area contributed by atoms with Crippen molar-refractivity contribution >= 4 is 40.8 Å². The summed E-state index contributed by atoms with van der Waals surface area (Å²) in [6.45, 7) is 3.77. The van der Waals surface area contributed by atoms with Gasteiger partial charge in [0.1, 0.15) is 11.3 Å². The van der Waals surface area contributed by atoms with Gasteiger partial charge in [0.25, 0.3) is 5.91 Å². The summed E-state index contributed by atoms with van der Waals surface area (Å²) < 4.78 is 5.07. The van der Waals surface area contributed by atoms with Gasteiger partial charge in [-0.3, -0.25) is 4.79 Å². The molecule has 0 saturated heterocycles. The highest BCUT2D eigenvalue weighted by Crippen LogP contribution is 2.31. The van der Waals surface area contributed by atoms with Gasteiger partial charge in [0.2, 0.25) is 5.95 Å². The number of aryl methyl sites for hydroxylation is 2. The Balaban J connectivity index is 1.75. The Morgan fingerprint density at radius 2 is 1.67 bits per heavy atom. The van der Waals surface area contributed by atoms with Crippen molar-refractivity contribution in [2.45, 2.75) is 13.8 Å². The topological polar surface area (TPSA) is 113 Å². The maximum Gasteiger partial charge on any atom is 0.339 e. The van der Waals surface area contributed by atoms with E-state index in [0.717, 1.165) is 17.1 Å². The minimum absolute atomic E-state index is 0.0896. The molecule has 0 aliphatic carbocycles. The van der Waals surface area contributed by atoms with Crippen LogP contribution in [-0.2, 0) is 0 Å². The van der Waals surface area contributed by atoms with Gasteiger partial charge in [-0.25, -0.2) is 14.8 Å². The number of amides is 1. The zero-order valence-electron chi connectivity index (χ0n) is 16.5. The molecule has 0 bridgehead atoms. The van der Waals surface area contributed by atoms with Crippen LogP contribution < -0.4 is 15.4 Å². The summed E-state index contributed by atoms with van der Waals surface area (Å²) >= 11 is 6.12. The molecule has 3 rings (SSSR count). The highest BCUT2D eigenvalue weighted by Gasteiger charge is 2.17. The van der Waals surface area contributed by atoms with Gasteiger partial charge in [-0.1, -0.05) is 11.6 Å². The highest BCUT2D eigenvalue weighted by atomic mass is 35.5. The summed E-state index contributed by atoms with van der Waals surface area (Å²) in [5.41, 5.74) is 2.96. The summed E-state index contributed by atoms with van der Waals surface area (Å²) in [6.07, 6.45) is 0. The van der Waals surface area contributed by atoms with E-state index in [-0.39, 0.29) is 22.0 Å². The first-order chi connectivity index (χ1) is 14.3. The largest absolute Gasteiger partial charge is 0.496 e. The molecule has 1 heterocycles. The molecule has 0 aliphatic heterocycles. The van der Waals surface area contributed by atoms with Crippen LogP contribution in [0.15, 0.2) is 42.5 Å². The molecule has 2 aromatic carbocycles. The lowest BCUT2D eigenvalue weighted by atomic mass is 10.1. The molecule has 3 aromatic rings. The quantitative estimate of drug-likeness (QED) is 0.533. The van der Waals surface area contributed by atoms with Crippen LogP contribution in [-0.4, -0.2) is 34.1 Å². The van der Waals surface area contributed by atoms with E-state index in [1.807, 2.05) is 19.9 Å². The summed E-state index contributed by atoms with van der Waals surface area (Å²) in [5, 5.41) is 15.0. The van der Waals surface area contributed by atoms with Crippen molar-refractivity contribution in [3.05, 3.63) is 70.0 Å². The number of aromatic nitrogens is 2. The van der Waals surface area contributed by atoms with Crippen molar-refractivity contribution in [1.82, 2.24) is 9.97 Å².